The first kappa shape index (κ1) is 12.6. The second kappa shape index (κ2) is 5.22. The Balaban J connectivity index is 2.11. The van der Waals surface area contributed by atoms with E-state index >= 15 is 0 Å². The molecule has 18 heavy (non-hydrogen) atoms. The van der Waals surface area contributed by atoms with Crippen molar-refractivity contribution < 1.29 is 24.2 Å². The summed E-state index contributed by atoms with van der Waals surface area (Å²) in [5, 5.41) is 18.2. The van der Waals surface area contributed by atoms with Gasteiger partial charge in [-0.15, -0.1) is 0 Å². The van der Waals surface area contributed by atoms with E-state index in [1.54, 1.807) is 12.1 Å². The Hall–Kier alpha value is -1.82. The maximum absolute atomic E-state index is 11.7. The number of hydrogen-bond acceptors (Lipinski definition) is 4. The average Bonchev–Trinajstić information content (AvgIpc) is 2.95. The van der Waals surface area contributed by atoms with Crippen molar-refractivity contribution in [2.45, 2.75) is 18.9 Å². The maximum Gasteiger partial charge on any atom is 0.326 e. The Kier molecular flexibility index (Phi) is 3.66. The van der Waals surface area contributed by atoms with Crippen LogP contribution in [0.5, 0.6) is 0 Å². The minimum absolute atomic E-state index is 0.102. The lowest BCUT2D eigenvalue weighted by Crippen LogP contribution is -2.43. The normalized spacial score (nSPS) is 21.3. The number of carbonyl (C=O) groups excluding carboxylic acids is 1. The fourth-order valence-corrected chi connectivity index (χ4v) is 2.18. The first-order chi connectivity index (χ1) is 8.61. The van der Waals surface area contributed by atoms with Crippen LogP contribution in [-0.4, -0.2) is 46.2 Å². The number of carboxylic acid groups (broad SMARTS) is 1. The van der Waals surface area contributed by atoms with Gasteiger partial charge in [0.05, 0.1) is 6.26 Å². The van der Waals surface area contributed by atoms with E-state index in [9.17, 15) is 14.7 Å². The molecule has 98 valence electrons. The number of rotatable bonds is 5. The molecule has 6 heteroatoms. The van der Waals surface area contributed by atoms with Crippen molar-refractivity contribution in [3.63, 3.8) is 0 Å². The third-order valence-corrected chi connectivity index (χ3v) is 3.13. The molecule has 0 bridgehead atoms. The van der Waals surface area contributed by atoms with E-state index < -0.39 is 12.0 Å². The fourth-order valence-electron chi connectivity index (χ4n) is 2.18. The van der Waals surface area contributed by atoms with Gasteiger partial charge in [-0.05, 0) is 12.1 Å². The van der Waals surface area contributed by atoms with Crippen molar-refractivity contribution in [3.05, 3.63) is 24.2 Å². The third-order valence-electron chi connectivity index (χ3n) is 3.13. The predicted octanol–water partition coefficient (Wildman–Crippen LogP) is 0.116. The summed E-state index contributed by atoms with van der Waals surface area (Å²) in [5.41, 5.74) is 0. The first-order valence-electron chi connectivity index (χ1n) is 5.77. The van der Waals surface area contributed by atoms with E-state index in [-0.39, 0.29) is 37.8 Å². The highest BCUT2D eigenvalue weighted by atomic mass is 16.4. The van der Waals surface area contributed by atoms with E-state index in [1.165, 1.54) is 11.2 Å². The van der Waals surface area contributed by atoms with Crippen molar-refractivity contribution in [1.29, 1.82) is 0 Å². The van der Waals surface area contributed by atoms with Gasteiger partial charge in [0.25, 0.3) is 0 Å². The number of furan rings is 1. The molecule has 0 spiro atoms. The van der Waals surface area contributed by atoms with E-state index in [4.69, 9.17) is 9.52 Å². The summed E-state index contributed by atoms with van der Waals surface area (Å²) >= 11 is 0. The monoisotopic (exact) mass is 253 g/mol. The minimum Gasteiger partial charge on any atom is -0.480 e. The molecule has 1 fully saturated rings. The van der Waals surface area contributed by atoms with Crippen LogP contribution in [-0.2, 0) is 16.0 Å². The first-order valence-corrected chi connectivity index (χ1v) is 5.77. The highest BCUT2D eigenvalue weighted by Crippen LogP contribution is 2.22. The van der Waals surface area contributed by atoms with Gasteiger partial charge < -0.3 is 19.5 Å². The van der Waals surface area contributed by atoms with E-state index in [2.05, 4.69) is 0 Å². The Morgan fingerprint density at radius 1 is 1.61 bits per heavy atom. The quantitative estimate of drug-likeness (QED) is 0.777. The number of nitrogens with zero attached hydrogens (tertiary/aromatic N) is 1. The second-order valence-electron chi connectivity index (χ2n) is 4.44. The number of carboxylic acids is 1. The molecule has 1 amide bonds. The zero-order valence-corrected chi connectivity index (χ0v) is 9.78. The van der Waals surface area contributed by atoms with Crippen LogP contribution >= 0.6 is 0 Å². The molecule has 0 aliphatic carbocycles. The minimum atomic E-state index is -1.06. The Morgan fingerprint density at radius 2 is 2.39 bits per heavy atom. The highest BCUT2D eigenvalue weighted by molar-refractivity contribution is 5.85. The van der Waals surface area contributed by atoms with Crippen LogP contribution in [0.4, 0.5) is 0 Å². The summed E-state index contributed by atoms with van der Waals surface area (Å²) in [6.45, 7) is 0.183. The van der Waals surface area contributed by atoms with Gasteiger partial charge in [-0.3, -0.25) is 4.79 Å². The van der Waals surface area contributed by atoms with Crippen LogP contribution < -0.4 is 0 Å². The predicted molar refractivity (Wildman–Crippen MR) is 60.7 cm³/mol. The molecule has 1 aromatic rings. The molecule has 2 unspecified atom stereocenters. The van der Waals surface area contributed by atoms with Crippen LogP contribution in [0.25, 0.3) is 0 Å². The topological polar surface area (TPSA) is 91.0 Å². The standard InChI is InChI=1S/C12H15NO5/c14-7-8-4-11(15)13(6-8)10(12(16)17)5-9-2-1-3-18-9/h1-3,8,10,14H,4-7H2,(H,16,17). The van der Waals surface area contributed by atoms with Crippen molar-refractivity contribution >= 4 is 11.9 Å². The van der Waals surface area contributed by atoms with Gasteiger partial charge in [0, 0.05) is 31.9 Å². The van der Waals surface area contributed by atoms with Gasteiger partial charge in [0.15, 0.2) is 0 Å². The third kappa shape index (κ3) is 2.53. The molecule has 1 saturated heterocycles. The summed E-state index contributed by atoms with van der Waals surface area (Å²) in [4.78, 5) is 24.3. The van der Waals surface area contributed by atoms with Crippen molar-refractivity contribution in [2.24, 2.45) is 5.92 Å². The van der Waals surface area contributed by atoms with Crippen LogP contribution in [0.15, 0.2) is 22.8 Å². The van der Waals surface area contributed by atoms with Gasteiger partial charge in [0.1, 0.15) is 11.8 Å². The summed E-state index contributed by atoms with van der Waals surface area (Å²) in [7, 11) is 0. The van der Waals surface area contributed by atoms with E-state index in [1.807, 2.05) is 0 Å². The van der Waals surface area contributed by atoms with E-state index in [0.717, 1.165) is 0 Å². The summed E-state index contributed by atoms with van der Waals surface area (Å²) in [6, 6.07) is 2.43. The lowest BCUT2D eigenvalue weighted by atomic mass is 10.1. The van der Waals surface area contributed by atoms with Gasteiger partial charge in [-0.2, -0.15) is 0 Å². The van der Waals surface area contributed by atoms with Gasteiger partial charge in [-0.25, -0.2) is 4.79 Å². The van der Waals surface area contributed by atoms with Crippen molar-refractivity contribution in [2.75, 3.05) is 13.2 Å². The van der Waals surface area contributed by atoms with Crippen molar-refractivity contribution in [1.82, 2.24) is 4.90 Å². The van der Waals surface area contributed by atoms with Gasteiger partial charge in [0.2, 0.25) is 5.91 Å². The average molecular weight is 253 g/mol. The Morgan fingerprint density at radius 3 is 2.89 bits per heavy atom. The number of amides is 1. The smallest absolute Gasteiger partial charge is 0.326 e. The molecular formula is C12H15NO5. The molecule has 1 aromatic heterocycles. The summed E-state index contributed by atoms with van der Waals surface area (Å²) < 4.78 is 5.11. The largest absolute Gasteiger partial charge is 0.480 e. The molecule has 2 heterocycles. The molecule has 2 N–H and O–H groups in total. The second-order valence-corrected chi connectivity index (χ2v) is 4.44. The zero-order valence-electron chi connectivity index (χ0n) is 9.78. The number of aliphatic hydroxyl groups excluding tert-OH is 1. The molecule has 2 rings (SSSR count). The zero-order chi connectivity index (χ0) is 13.1. The van der Waals surface area contributed by atoms with Crippen molar-refractivity contribution in [3.8, 4) is 0 Å². The lowest BCUT2D eigenvalue weighted by Gasteiger charge is -2.23. The molecule has 0 aromatic carbocycles. The summed E-state index contributed by atoms with van der Waals surface area (Å²) in [5.74, 6) is -0.926. The molecular weight excluding hydrogens is 238 g/mol. The fraction of sp³-hybridized carbons (Fsp3) is 0.500. The SMILES string of the molecule is O=C(O)C(Cc1ccco1)N1CC(CO)CC1=O. The van der Waals surface area contributed by atoms with Crippen LogP contribution in [0.2, 0.25) is 0 Å². The number of aliphatic carboxylic acids is 1. The molecule has 1 aliphatic heterocycles. The molecule has 0 saturated carbocycles. The van der Waals surface area contributed by atoms with Crippen LogP contribution in [0.3, 0.4) is 0 Å². The Bertz CT molecular complexity index is 428. The lowest BCUT2D eigenvalue weighted by molar-refractivity contribution is -0.148. The number of hydrogen-bond donors (Lipinski definition) is 2. The van der Waals surface area contributed by atoms with Gasteiger partial charge >= 0.3 is 5.97 Å². The number of likely N-dealkylation sites (tertiary alicyclic amines) is 1. The maximum atomic E-state index is 11.7. The van der Waals surface area contributed by atoms with Gasteiger partial charge in [-0.1, -0.05) is 0 Å². The molecule has 0 radical (unpaired) electrons. The number of carbonyl (C=O) groups is 2. The summed E-state index contributed by atoms with van der Waals surface area (Å²) in [6.07, 6.45) is 1.82. The molecule has 2 atom stereocenters. The number of aliphatic hydroxyl groups is 1. The molecule has 1 aliphatic rings. The van der Waals surface area contributed by atoms with Crippen LogP contribution in [0, 0.1) is 5.92 Å². The highest BCUT2D eigenvalue weighted by Gasteiger charge is 2.37. The Labute approximate surface area is 104 Å². The van der Waals surface area contributed by atoms with E-state index in [0.29, 0.717) is 5.76 Å². The van der Waals surface area contributed by atoms with Crippen LogP contribution in [0.1, 0.15) is 12.2 Å². The molecule has 6 nitrogen and oxygen atoms in total.